The van der Waals surface area contributed by atoms with Gasteiger partial charge < -0.3 is 15.4 Å². The molecule has 0 spiro atoms. The molecule has 0 amide bonds. The molecule has 25 heavy (non-hydrogen) atoms. The second-order valence-electron chi connectivity index (χ2n) is 7.09. The molecular weight excluding hydrogens is 314 g/mol. The van der Waals surface area contributed by atoms with Gasteiger partial charge in [0.2, 0.25) is 0 Å². The highest BCUT2D eigenvalue weighted by molar-refractivity contribution is 5.73. The van der Waals surface area contributed by atoms with Crippen LogP contribution < -0.4 is 10.6 Å². The summed E-state index contributed by atoms with van der Waals surface area (Å²) in [5.41, 5.74) is 9.76. The van der Waals surface area contributed by atoms with Crippen LogP contribution in [0.4, 0.5) is 11.5 Å². The van der Waals surface area contributed by atoms with Crippen LogP contribution in [0.1, 0.15) is 18.4 Å². The van der Waals surface area contributed by atoms with Crippen molar-refractivity contribution in [2.45, 2.75) is 32.0 Å². The number of aryl methyl sites for hydroxylation is 1. The molecule has 6 heteroatoms. The Morgan fingerprint density at radius 3 is 2.56 bits per heavy atom. The summed E-state index contributed by atoms with van der Waals surface area (Å²) in [5.74, 6) is 1.71. The van der Waals surface area contributed by atoms with Crippen molar-refractivity contribution in [3.05, 3.63) is 42.1 Å². The topological polar surface area (TPSA) is 68.7 Å². The quantitative estimate of drug-likeness (QED) is 0.729. The van der Waals surface area contributed by atoms with Gasteiger partial charge in [-0.1, -0.05) is 0 Å². The standard InChI is InChI=1S/C19H21N5O/c1-12-8-17-19(23-10-15-6-7-16(11-23)25-15)21-18(22-24(17)9-12)13-2-4-14(20)5-3-13/h2-5,8-9,15-16H,6-7,10-11,20H2,1H3. The molecule has 2 fully saturated rings. The van der Waals surface area contributed by atoms with Gasteiger partial charge in [-0.25, -0.2) is 9.50 Å². The number of benzene rings is 1. The number of aromatic nitrogens is 3. The van der Waals surface area contributed by atoms with Crippen LogP contribution in [-0.4, -0.2) is 39.9 Å². The van der Waals surface area contributed by atoms with Gasteiger partial charge in [0.1, 0.15) is 5.52 Å². The van der Waals surface area contributed by atoms with Crippen molar-refractivity contribution in [1.82, 2.24) is 14.6 Å². The number of ether oxygens (including phenoxy) is 1. The molecule has 0 saturated carbocycles. The summed E-state index contributed by atoms with van der Waals surface area (Å²) in [5, 5.41) is 4.71. The zero-order valence-electron chi connectivity index (χ0n) is 14.2. The minimum absolute atomic E-state index is 0.324. The highest BCUT2D eigenvalue weighted by atomic mass is 16.5. The number of morpholine rings is 1. The molecule has 128 valence electrons. The van der Waals surface area contributed by atoms with Gasteiger partial charge in [0.15, 0.2) is 11.6 Å². The molecular formula is C19H21N5O. The number of hydrogen-bond donors (Lipinski definition) is 1. The van der Waals surface area contributed by atoms with Crippen molar-refractivity contribution in [2.75, 3.05) is 23.7 Å². The van der Waals surface area contributed by atoms with Crippen LogP contribution in [-0.2, 0) is 4.74 Å². The van der Waals surface area contributed by atoms with E-state index in [0.717, 1.165) is 54.3 Å². The van der Waals surface area contributed by atoms with E-state index in [9.17, 15) is 0 Å². The van der Waals surface area contributed by atoms with Gasteiger partial charge in [-0.2, -0.15) is 0 Å². The first-order valence-corrected chi connectivity index (χ1v) is 8.79. The van der Waals surface area contributed by atoms with Gasteiger partial charge in [0, 0.05) is 30.5 Å². The van der Waals surface area contributed by atoms with Gasteiger partial charge in [-0.3, -0.25) is 0 Å². The third-order valence-corrected chi connectivity index (χ3v) is 5.09. The maximum atomic E-state index is 5.99. The molecule has 2 aromatic heterocycles. The Bertz CT molecular complexity index is 921. The molecule has 5 rings (SSSR count). The Balaban J connectivity index is 1.64. The second kappa shape index (κ2) is 5.46. The predicted molar refractivity (Wildman–Crippen MR) is 97.7 cm³/mol. The van der Waals surface area contributed by atoms with Crippen LogP contribution in [0.2, 0.25) is 0 Å². The molecule has 0 radical (unpaired) electrons. The van der Waals surface area contributed by atoms with Gasteiger partial charge in [0.05, 0.1) is 12.2 Å². The van der Waals surface area contributed by atoms with Crippen LogP contribution in [0.15, 0.2) is 36.5 Å². The van der Waals surface area contributed by atoms with Crippen molar-refractivity contribution >= 4 is 17.0 Å². The molecule has 3 aromatic rings. The molecule has 2 aliphatic rings. The van der Waals surface area contributed by atoms with E-state index in [0.29, 0.717) is 12.2 Å². The first-order valence-electron chi connectivity index (χ1n) is 8.79. The normalized spacial score (nSPS) is 22.7. The third-order valence-electron chi connectivity index (χ3n) is 5.09. The Kier molecular flexibility index (Phi) is 3.21. The fourth-order valence-corrected chi connectivity index (χ4v) is 3.89. The van der Waals surface area contributed by atoms with E-state index in [1.807, 2.05) is 28.8 Å². The monoisotopic (exact) mass is 335 g/mol. The molecule has 2 aliphatic heterocycles. The fraction of sp³-hybridized carbons (Fsp3) is 0.368. The van der Waals surface area contributed by atoms with E-state index in [1.165, 1.54) is 5.56 Å². The molecule has 0 aliphatic carbocycles. The Morgan fingerprint density at radius 1 is 1.12 bits per heavy atom. The van der Waals surface area contributed by atoms with Crippen LogP contribution in [0.5, 0.6) is 0 Å². The van der Waals surface area contributed by atoms with Crippen LogP contribution >= 0.6 is 0 Å². The maximum Gasteiger partial charge on any atom is 0.182 e. The maximum absolute atomic E-state index is 5.99. The summed E-state index contributed by atoms with van der Waals surface area (Å²) >= 11 is 0. The van der Waals surface area contributed by atoms with Gasteiger partial charge in [-0.05, 0) is 55.7 Å². The highest BCUT2D eigenvalue weighted by Crippen LogP contribution is 2.32. The summed E-state index contributed by atoms with van der Waals surface area (Å²) in [7, 11) is 0. The number of hydrogen-bond acceptors (Lipinski definition) is 5. The summed E-state index contributed by atoms with van der Waals surface area (Å²) < 4.78 is 7.93. The molecule has 2 bridgehead atoms. The van der Waals surface area contributed by atoms with Crippen molar-refractivity contribution in [3.8, 4) is 11.4 Å². The molecule has 6 nitrogen and oxygen atoms in total. The lowest BCUT2D eigenvalue weighted by molar-refractivity contribution is 0.0303. The predicted octanol–water partition coefficient (Wildman–Crippen LogP) is 2.65. The van der Waals surface area contributed by atoms with E-state index in [2.05, 4.69) is 24.1 Å². The van der Waals surface area contributed by atoms with Gasteiger partial charge in [-0.15, -0.1) is 5.10 Å². The summed E-state index contributed by atoms with van der Waals surface area (Å²) in [6.45, 7) is 3.88. The molecule has 2 atom stereocenters. The average Bonchev–Trinajstić information content (AvgIpc) is 3.15. The minimum Gasteiger partial charge on any atom is -0.399 e. The SMILES string of the molecule is Cc1cc2c(N3CC4CCC(C3)O4)nc(-c3ccc(N)cc3)nn2c1. The Hall–Kier alpha value is -2.60. The first kappa shape index (κ1) is 14.7. The Morgan fingerprint density at radius 2 is 1.84 bits per heavy atom. The fourth-order valence-electron chi connectivity index (χ4n) is 3.89. The first-order chi connectivity index (χ1) is 12.2. The lowest BCUT2D eigenvalue weighted by Crippen LogP contribution is -2.43. The zero-order valence-corrected chi connectivity index (χ0v) is 14.2. The lowest BCUT2D eigenvalue weighted by atomic mass is 10.2. The lowest BCUT2D eigenvalue weighted by Gasteiger charge is -2.33. The number of nitrogens with two attached hydrogens (primary N) is 1. The number of rotatable bonds is 2. The molecule has 2 unspecified atom stereocenters. The average molecular weight is 335 g/mol. The molecule has 2 N–H and O–H groups in total. The third kappa shape index (κ3) is 2.53. The van der Waals surface area contributed by atoms with Crippen LogP contribution in [0.3, 0.4) is 0 Å². The summed E-state index contributed by atoms with van der Waals surface area (Å²) in [6, 6.07) is 9.87. The van der Waals surface area contributed by atoms with Crippen LogP contribution in [0.25, 0.3) is 16.9 Å². The van der Waals surface area contributed by atoms with Crippen molar-refractivity contribution in [2.24, 2.45) is 0 Å². The van der Waals surface area contributed by atoms with E-state index < -0.39 is 0 Å². The van der Waals surface area contributed by atoms with Crippen molar-refractivity contribution in [1.29, 1.82) is 0 Å². The van der Waals surface area contributed by atoms with E-state index in [-0.39, 0.29) is 0 Å². The zero-order chi connectivity index (χ0) is 17.0. The number of anilines is 2. The molecule has 4 heterocycles. The number of nitrogens with zero attached hydrogens (tertiary/aromatic N) is 4. The van der Waals surface area contributed by atoms with E-state index >= 15 is 0 Å². The smallest absolute Gasteiger partial charge is 0.182 e. The van der Waals surface area contributed by atoms with Crippen molar-refractivity contribution in [3.63, 3.8) is 0 Å². The van der Waals surface area contributed by atoms with E-state index in [4.69, 9.17) is 20.6 Å². The molecule has 1 aromatic carbocycles. The van der Waals surface area contributed by atoms with Crippen molar-refractivity contribution < 1.29 is 4.74 Å². The minimum atomic E-state index is 0.324. The van der Waals surface area contributed by atoms with Gasteiger partial charge >= 0.3 is 0 Å². The van der Waals surface area contributed by atoms with Crippen LogP contribution in [0, 0.1) is 6.92 Å². The summed E-state index contributed by atoms with van der Waals surface area (Å²) in [6.07, 6.45) is 4.99. The summed E-state index contributed by atoms with van der Waals surface area (Å²) in [4.78, 5) is 7.30. The second-order valence-corrected chi connectivity index (χ2v) is 7.09. The van der Waals surface area contributed by atoms with E-state index in [1.54, 1.807) is 0 Å². The largest absolute Gasteiger partial charge is 0.399 e. The number of nitrogen functional groups attached to an aromatic ring is 1. The number of fused-ring (bicyclic) bond motifs is 3. The van der Waals surface area contributed by atoms with Gasteiger partial charge in [0.25, 0.3) is 0 Å². The Labute approximate surface area is 146 Å². The molecule has 2 saturated heterocycles. The highest BCUT2D eigenvalue weighted by Gasteiger charge is 2.35.